The molecule has 1 aromatic rings. The van der Waals surface area contributed by atoms with Gasteiger partial charge in [0.25, 0.3) is 5.91 Å². The number of hydrogen-bond acceptors (Lipinski definition) is 4. The molecule has 128 valence electrons. The Balaban J connectivity index is 0.00000220. The SMILES string of the molecule is CNC1CCCN(C(=O)c2sc(C)nc2CC(C)C)C1.Cl.Cl. The molecule has 0 saturated carbocycles. The first-order valence-electron chi connectivity index (χ1n) is 7.44. The van der Waals surface area contributed by atoms with E-state index in [0.29, 0.717) is 12.0 Å². The van der Waals surface area contributed by atoms with E-state index in [1.54, 1.807) is 11.3 Å². The van der Waals surface area contributed by atoms with Gasteiger partial charge >= 0.3 is 0 Å². The molecule has 0 bridgehead atoms. The number of amides is 1. The van der Waals surface area contributed by atoms with Crippen LogP contribution in [0.15, 0.2) is 0 Å². The minimum Gasteiger partial charge on any atom is -0.336 e. The Kier molecular flexibility index (Phi) is 9.55. The molecule has 1 fully saturated rings. The van der Waals surface area contributed by atoms with Crippen LogP contribution in [0.5, 0.6) is 0 Å². The average molecular weight is 368 g/mol. The Labute approximate surface area is 149 Å². The lowest BCUT2D eigenvalue weighted by molar-refractivity contribution is 0.0701. The number of hydrogen-bond donors (Lipinski definition) is 1. The summed E-state index contributed by atoms with van der Waals surface area (Å²) in [6.45, 7) is 8.00. The second-order valence-corrected chi connectivity index (χ2v) is 7.19. The van der Waals surface area contributed by atoms with Crippen molar-refractivity contribution in [3.8, 4) is 0 Å². The second-order valence-electron chi connectivity index (χ2n) is 5.99. The number of nitrogens with one attached hydrogen (secondary N) is 1. The number of nitrogens with zero attached hydrogens (tertiary/aromatic N) is 2. The number of carbonyl (C=O) groups excluding carboxylic acids is 1. The number of aromatic nitrogens is 1. The molecule has 4 nitrogen and oxygen atoms in total. The molecule has 0 aromatic carbocycles. The van der Waals surface area contributed by atoms with Crippen molar-refractivity contribution in [3.63, 3.8) is 0 Å². The zero-order valence-corrected chi connectivity index (χ0v) is 16.2. The fourth-order valence-electron chi connectivity index (χ4n) is 2.70. The molecule has 1 amide bonds. The number of likely N-dealkylation sites (tertiary alicyclic amines) is 1. The summed E-state index contributed by atoms with van der Waals surface area (Å²) in [7, 11) is 1.97. The van der Waals surface area contributed by atoms with Gasteiger partial charge in [-0.05, 0) is 39.2 Å². The molecular formula is C15H27Cl2N3OS. The maximum atomic E-state index is 12.7. The van der Waals surface area contributed by atoms with Crippen molar-refractivity contribution in [2.75, 3.05) is 20.1 Å². The van der Waals surface area contributed by atoms with Crippen LogP contribution in [0.4, 0.5) is 0 Å². The minimum absolute atomic E-state index is 0. The number of piperidine rings is 1. The van der Waals surface area contributed by atoms with Crippen LogP contribution in [0.25, 0.3) is 0 Å². The third-order valence-electron chi connectivity index (χ3n) is 3.72. The normalized spacial score (nSPS) is 17.9. The van der Waals surface area contributed by atoms with E-state index in [9.17, 15) is 4.79 Å². The lowest BCUT2D eigenvalue weighted by atomic mass is 10.0. The van der Waals surface area contributed by atoms with Gasteiger partial charge in [0, 0.05) is 19.1 Å². The summed E-state index contributed by atoms with van der Waals surface area (Å²) in [6.07, 6.45) is 3.12. The van der Waals surface area contributed by atoms with Crippen molar-refractivity contribution >= 4 is 42.1 Å². The predicted octanol–water partition coefficient (Wildman–Crippen LogP) is 3.32. The maximum absolute atomic E-state index is 12.7. The van der Waals surface area contributed by atoms with Crippen molar-refractivity contribution in [1.29, 1.82) is 0 Å². The van der Waals surface area contributed by atoms with E-state index in [0.717, 1.165) is 47.9 Å². The monoisotopic (exact) mass is 367 g/mol. The van der Waals surface area contributed by atoms with Crippen LogP contribution in [0.2, 0.25) is 0 Å². The fourth-order valence-corrected chi connectivity index (χ4v) is 3.62. The van der Waals surface area contributed by atoms with E-state index < -0.39 is 0 Å². The lowest BCUT2D eigenvalue weighted by Crippen LogP contribution is -2.47. The average Bonchev–Trinajstić information content (AvgIpc) is 2.78. The summed E-state index contributed by atoms with van der Waals surface area (Å²) in [4.78, 5) is 20.1. The Morgan fingerprint density at radius 2 is 2.14 bits per heavy atom. The summed E-state index contributed by atoms with van der Waals surface area (Å²) >= 11 is 1.54. The molecule has 1 saturated heterocycles. The van der Waals surface area contributed by atoms with Crippen molar-refractivity contribution in [1.82, 2.24) is 15.2 Å². The maximum Gasteiger partial charge on any atom is 0.265 e. The molecular weight excluding hydrogens is 341 g/mol. The number of carbonyl (C=O) groups is 1. The summed E-state index contributed by atoms with van der Waals surface area (Å²) in [5.74, 6) is 0.695. The van der Waals surface area contributed by atoms with Gasteiger partial charge < -0.3 is 10.2 Å². The Morgan fingerprint density at radius 1 is 1.45 bits per heavy atom. The van der Waals surface area contributed by atoms with E-state index in [1.807, 2.05) is 18.9 Å². The van der Waals surface area contributed by atoms with Crippen LogP contribution in [0, 0.1) is 12.8 Å². The van der Waals surface area contributed by atoms with Crippen LogP contribution in [-0.4, -0.2) is 42.0 Å². The molecule has 22 heavy (non-hydrogen) atoms. The van der Waals surface area contributed by atoms with Gasteiger partial charge in [-0.15, -0.1) is 36.2 Å². The third-order valence-corrected chi connectivity index (χ3v) is 4.72. The van der Waals surface area contributed by atoms with Crippen LogP contribution < -0.4 is 5.32 Å². The zero-order chi connectivity index (χ0) is 14.7. The number of halogens is 2. The van der Waals surface area contributed by atoms with Gasteiger partial charge in [-0.3, -0.25) is 4.79 Å². The zero-order valence-electron chi connectivity index (χ0n) is 13.7. The molecule has 7 heteroatoms. The largest absolute Gasteiger partial charge is 0.336 e. The quantitative estimate of drug-likeness (QED) is 0.887. The van der Waals surface area contributed by atoms with E-state index >= 15 is 0 Å². The minimum atomic E-state index is 0. The summed E-state index contributed by atoms with van der Waals surface area (Å²) in [6, 6.07) is 0.426. The molecule has 2 rings (SSSR count). The standard InChI is InChI=1S/C15H25N3OS.2ClH/c1-10(2)8-13-14(20-11(3)17-13)15(19)18-7-5-6-12(9-18)16-4;;/h10,12,16H,5-9H2,1-4H3;2*1H. The first-order chi connectivity index (χ1) is 9.51. The number of likely N-dealkylation sites (N-methyl/N-ethyl adjacent to an activating group) is 1. The van der Waals surface area contributed by atoms with Crippen LogP contribution in [0.1, 0.15) is 47.1 Å². The lowest BCUT2D eigenvalue weighted by Gasteiger charge is -2.32. The highest BCUT2D eigenvalue weighted by atomic mass is 35.5. The first kappa shape index (κ1) is 21.6. The van der Waals surface area contributed by atoms with Crippen molar-refractivity contribution in [2.45, 2.75) is 46.1 Å². The second kappa shape index (κ2) is 9.71. The Morgan fingerprint density at radius 3 is 2.73 bits per heavy atom. The fraction of sp³-hybridized carbons (Fsp3) is 0.733. The molecule has 1 aliphatic heterocycles. The van der Waals surface area contributed by atoms with Gasteiger partial charge in [-0.25, -0.2) is 4.98 Å². The highest BCUT2D eigenvalue weighted by Gasteiger charge is 2.27. The Hall–Kier alpha value is -0.360. The van der Waals surface area contributed by atoms with E-state index in [-0.39, 0.29) is 30.7 Å². The molecule has 1 atom stereocenters. The summed E-state index contributed by atoms with van der Waals surface area (Å²) in [5.41, 5.74) is 0.985. The molecule has 0 aliphatic carbocycles. The van der Waals surface area contributed by atoms with Crippen LogP contribution >= 0.6 is 36.2 Å². The van der Waals surface area contributed by atoms with E-state index in [4.69, 9.17) is 0 Å². The molecule has 1 N–H and O–H groups in total. The molecule has 0 radical (unpaired) electrons. The predicted molar refractivity (Wildman–Crippen MR) is 97.9 cm³/mol. The van der Waals surface area contributed by atoms with Gasteiger partial charge in [0.1, 0.15) is 4.88 Å². The highest BCUT2D eigenvalue weighted by Crippen LogP contribution is 2.24. The molecule has 1 aromatic heterocycles. The van der Waals surface area contributed by atoms with Crippen molar-refractivity contribution in [3.05, 3.63) is 15.6 Å². The highest BCUT2D eigenvalue weighted by molar-refractivity contribution is 7.13. The molecule has 1 aliphatic rings. The summed E-state index contributed by atoms with van der Waals surface area (Å²) < 4.78 is 0. The van der Waals surface area contributed by atoms with E-state index in [2.05, 4.69) is 24.1 Å². The smallest absolute Gasteiger partial charge is 0.265 e. The molecule has 1 unspecified atom stereocenters. The number of thiazole rings is 1. The van der Waals surface area contributed by atoms with Gasteiger partial charge in [-0.1, -0.05) is 13.8 Å². The number of rotatable bonds is 4. The van der Waals surface area contributed by atoms with Crippen LogP contribution in [-0.2, 0) is 6.42 Å². The topological polar surface area (TPSA) is 45.2 Å². The van der Waals surface area contributed by atoms with Gasteiger partial charge in [0.15, 0.2) is 0 Å². The third kappa shape index (κ3) is 5.37. The Bertz CT molecular complexity index is 479. The molecule has 0 spiro atoms. The molecule has 2 heterocycles. The van der Waals surface area contributed by atoms with Crippen LogP contribution in [0.3, 0.4) is 0 Å². The summed E-state index contributed by atoms with van der Waals surface area (Å²) in [5, 5.41) is 4.28. The number of aryl methyl sites for hydroxylation is 1. The van der Waals surface area contributed by atoms with Crippen molar-refractivity contribution < 1.29 is 4.79 Å². The first-order valence-corrected chi connectivity index (χ1v) is 8.25. The van der Waals surface area contributed by atoms with Gasteiger partial charge in [0.05, 0.1) is 10.7 Å². The van der Waals surface area contributed by atoms with E-state index in [1.165, 1.54) is 0 Å². The van der Waals surface area contributed by atoms with Gasteiger partial charge in [0.2, 0.25) is 0 Å². The van der Waals surface area contributed by atoms with Gasteiger partial charge in [-0.2, -0.15) is 0 Å². The van der Waals surface area contributed by atoms with Crippen molar-refractivity contribution in [2.24, 2.45) is 5.92 Å².